The Morgan fingerprint density at radius 1 is 1.26 bits per heavy atom. The minimum atomic E-state index is -1.45. The molecule has 11 heteroatoms. The average molecular weight is 543 g/mol. The number of carbonyl (C=O) groups excluding carboxylic acids is 2. The van der Waals surface area contributed by atoms with Crippen LogP contribution in [0.25, 0.3) is 0 Å². The standard InChI is InChI=1S/C27H28ClFN4O5/c1-4-10-32(14-27(3)23-19(31-26(35)38-27)8-7-18(28)24(23)29)25(34)17-12-30-33(13-17)20(5-2)16-6-9-21-22(11-16)37-15-36-21/h6-9,11-13,20H,4-5,10,14-15H2,1-3H3,(H,31,35)/t20?,27-/m0/s1. The van der Waals surface area contributed by atoms with Gasteiger partial charge in [-0.05, 0) is 49.6 Å². The number of hydrogen-bond donors (Lipinski definition) is 1. The van der Waals surface area contributed by atoms with E-state index >= 15 is 4.39 Å². The topological polar surface area (TPSA) is 94.9 Å². The molecule has 0 bridgehead atoms. The van der Waals surface area contributed by atoms with Crippen molar-refractivity contribution in [3.05, 3.63) is 70.3 Å². The average Bonchev–Trinajstić information content (AvgIpc) is 3.55. The number of ether oxygens (including phenoxy) is 3. The van der Waals surface area contributed by atoms with Crippen LogP contribution in [0.15, 0.2) is 42.7 Å². The summed E-state index contributed by atoms with van der Waals surface area (Å²) in [6.45, 7) is 6.03. The van der Waals surface area contributed by atoms with Crippen molar-refractivity contribution in [2.24, 2.45) is 0 Å². The van der Waals surface area contributed by atoms with Gasteiger partial charge in [-0.25, -0.2) is 9.18 Å². The maximum Gasteiger partial charge on any atom is 0.412 e. The Kier molecular flexibility index (Phi) is 6.92. The summed E-state index contributed by atoms with van der Waals surface area (Å²) >= 11 is 6.04. The maximum absolute atomic E-state index is 15.1. The molecule has 2 atom stereocenters. The molecule has 2 aromatic carbocycles. The smallest absolute Gasteiger partial charge is 0.412 e. The minimum Gasteiger partial charge on any atom is -0.454 e. The fourth-order valence-corrected chi connectivity index (χ4v) is 5.22. The largest absolute Gasteiger partial charge is 0.454 e. The summed E-state index contributed by atoms with van der Waals surface area (Å²) in [5, 5.41) is 6.89. The zero-order valence-corrected chi connectivity index (χ0v) is 22.0. The van der Waals surface area contributed by atoms with Crippen molar-refractivity contribution in [3.8, 4) is 11.5 Å². The molecule has 2 amide bonds. The second kappa shape index (κ2) is 10.2. The Morgan fingerprint density at radius 2 is 2.05 bits per heavy atom. The number of halogens is 2. The molecule has 3 aromatic rings. The maximum atomic E-state index is 15.1. The summed E-state index contributed by atoms with van der Waals surface area (Å²) in [4.78, 5) is 27.5. The van der Waals surface area contributed by atoms with E-state index in [0.29, 0.717) is 30.0 Å². The molecule has 2 aliphatic heterocycles. The lowest BCUT2D eigenvalue weighted by Crippen LogP contribution is -2.48. The number of anilines is 1. The summed E-state index contributed by atoms with van der Waals surface area (Å²) in [5.74, 6) is 0.369. The first-order valence-corrected chi connectivity index (χ1v) is 12.8. The Hall–Kier alpha value is -3.79. The number of amides is 2. The third kappa shape index (κ3) is 4.64. The molecule has 0 spiro atoms. The molecular weight excluding hydrogens is 515 g/mol. The van der Waals surface area contributed by atoms with Gasteiger partial charge in [0.05, 0.1) is 40.6 Å². The number of rotatable bonds is 8. The van der Waals surface area contributed by atoms with Crippen molar-refractivity contribution in [2.75, 3.05) is 25.2 Å². The number of nitrogens with zero attached hydrogens (tertiary/aromatic N) is 3. The van der Waals surface area contributed by atoms with Gasteiger partial charge >= 0.3 is 6.09 Å². The van der Waals surface area contributed by atoms with Crippen LogP contribution in [0, 0.1) is 5.82 Å². The van der Waals surface area contributed by atoms with Crippen molar-refractivity contribution >= 4 is 29.3 Å². The molecule has 1 unspecified atom stereocenters. The van der Waals surface area contributed by atoms with Crippen LogP contribution in [0.4, 0.5) is 14.9 Å². The van der Waals surface area contributed by atoms with Crippen molar-refractivity contribution < 1.29 is 28.2 Å². The zero-order chi connectivity index (χ0) is 27.0. The fraction of sp³-hybridized carbons (Fsp3) is 0.370. The quantitative estimate of drug-likeness (QED) is 0.390. The van der Waals surface area contributed by atoms with Gasteiger partial charge < -0.3 is 19.1 Å². The Bertz CT molecular complexity index is 1400. The van der Waals surface area contributed by atoms with Gasteiger partial charge in [-0.1, -0.05) is 31.5 Å². The molecule has 2 aliphatic rings. The molecule has 0 radical (unpaired) electrons. The molecule has 0 fully saturated rings. The van der Waals surface area contributed by atoms with Crippen molar-refractivity contribution in [2.45, 2.75) is 45.3 Å². The number of aromatic nitrogens is 2. The van der Waals surface area contributed by atoms with Crippen LogP contribution in [0.2, 0.25) is 5.02 Å². The predicted molar refractivity (Wildman–Crippen MR) is 138 cm³/mol. The number of nitrogens with one attached hydrogen (secondary N) is 1. The highest BCUT2D eigenvalue weighted by molar-refractivity contribution is 6.31. The lowest BCUT2D eigenvalue weighted by molar-refractivity contribution is -0.00331. The second-order valence-electron chi connectivity index (χ2n) is 9.50. The van der Waals surface area contributed by atoms with Crippen LogP contribution in [0.3, 0.4) is 0 Å². The second-order valence-corrected chi connectivity index (χ2v) is 9.91. The third-order valence-corrected chi connectivity index (χ3v) is 7.08. The molecule has 38 heavy (non-hydrogen) atoms. The number of cyclic esters (lactones) is 1. The van der Waals surface area contributed by atoms with Gasteiger partial charge in [0.25, 0.3) is 5.91 Å². The van der Waals surface area contributed by atoms with Crippen molar-refractivity contribution in [1.29, 1.82) is 0 Å². The van der Waals surface area contributed by atoms with E-state index in [1.165, 1.54) is 18.3 Å². The first kappa shape index (κ1) is 25.8. The van der Waals surface area contributed by atoms with Gasteiger partial charge in [0.1, 0.15) is 0 Å². The van der Waals surface area contributed by atoms with Gasteiger partial charge in [-0.15, -0.1) is 0 Å². The first-order valence-electron chi connectivity index (χ1n) is 12.5. The van der Waals surface area contributed by atoms with E-state index in [1.807, 2.05) is 32.0 Å². The fourth-order valence-electron chi connectivity index (χ4n) is 5.06. The Morgan fingerprint density at radius 3 is 2.82 bits per heavy atom. The van der Waals surface area contributed by atoms with Gasteiger partial charge in [-0.3, -0.25) is 14.8 Å². The van der Waals surface area contributed by atoms with Crippen LogP contribution in [-0.2, 0) is 10.3 Å². The predicted octanol–water partition coefficient (Wildman–Crippen LogP) is 5.73. The molecule has 200 valence electrons. The van der Waals surface area contributed by atoms with Crippen LogP contribution in [0.1, 0.15) is 61.1 Å². The number of benzene rings is 2. The summed E-state index contributed by atoms with van der Waals surface area (Å²) in [6, 6.07) is 8.51. The highest BCUT2D eigenvalue weighted by atomic mass is 35.5. The van der Waals surface area contributed by atoms with Crippen LogP contribution >= 0.6 is 11.6 Å². The van der Waals surface area contributed by atoms with E-state index in [4.69, 9.17) is 25.8 Å². The number of hydrogen-bond acceptors (Lipinski definition) is 6. The molecule has 0 saturated carbocycles. The van der Waals surface area contributed by atoms with Gasteiger partial charge in [0.15, 0.2) is 22.9 Å². The lowest BCUT2D eigenvalue weighted by Gasteiger charge is -2.39. The summed E-state index contributed by atoms with van der Waals surface area (Å²) < 4.78 is 33.4. The van der Waals surface area contributed by atoms with E-state index in [-0.39, 0.29) is 41.6 Å². The number of carbonyl (C=O) groups is 2. The van der Waals surface area contributed by atoms with Crippen molar-refractivity contribution in [1.82, 2.24) is 14.7 Å². The summed E-state index contributed by atoms with van der Waals surface area (Å²) in [6.07, 6.45) is 3.86. The van der Waals surface area contributed by atoms with Crippen molar-refractivity contribution in [3.63, 3.8) is 0 Å². The SMILES string of the molecule is CCCN(C[C@]1(C)OC(=O)Nc2ccc(Cl)c(F)c21)C(=O)c1cnn(C(CC)c2ccc3c(c2)OCO3)c1. The van der Waals surface area contributed by atoms with E-state index in [9.17, 15) is 9.59 Å². The molecule has 0 aliphatic carbocycles. The minimum absolute atomic E-state index is 0.0676. The Labute approximate surface area is 224 Å². The van der Waals surface area contributed by atoms with E-state index in [2.05, 4.69) is 10.4 Å². The highest BCUT2D eigenvalue weighted by Gasteiger charge is 2.43. The molecule has 1 N–H and O–H groups in total. The van der Waals surface area contributed by atoms with Gasteiger partial charge in [0, 0.05) is 12.7 Å². The zero-order valence-electron chi connectivity index (χ0n) is 21.3. The van der Waals surface area contributed by atoms with E-state index in [1.54, 1.807) is 22.7 Å². The summed E-state index contributed by atoms with van der Waals surface area (Å²) in [7, 11) is 0. The summed E-state index contributed by atoms with van der Waals surface area (Å²) in [5.41, 5.74) is 0.252. The van der Waals surface area contributed by atoms with Crippen LogP contribution < -0.4 is 14.8 Å². The van der Waals surface area contributed by atoms with Gasteiger partial charge in [0.2, 0.25) is 6.79 Å². The monoisotopic (exact) mass is 542 g/mol. The molecule has 5 rings (SSSR count). The third-order valence-electron chi connectivity index (χ3n) is 6.79. The first-order chi connectivity index (χ1) is 18.2. The van der Waals surface area contributed by atoms with Gasteiger partial charge in [-0.2, -0.15) is 5.10 Å². The lowest BCUT2D eigenvalue weighted by atomic mass is 9.91. The molecule has 0 saturated heterocycles. The normalized spacial score (nSPS) is 18.4. The molecule has 9 nitrogen and oxygen atoms in total. The van der Waals surface area contributed by atoms with Crippen LogP contribution in [-0.4, -0.2) is 46.6 Å². The van der Waals surface area contributed by atoms with Crippen LogP contribution in [0.5, 0.6) is 11.5 Å². The molecule has 3 heterocycles. The number of fused-ring (bicyclic) bond motifs is 2. The highest BCUT2D eigenvalue weighted by Crippen LogP contribution is 2.41. The molecule has 1 aromatic heterocycles. The molecular formula is C27H28ClFN4O5. The van der Waals surface area contributed by atoms with E-state index < -0.39 is 17.5 Å². The van der Waals surface area contributed by atoms with E-state index in [0.717, 1.165) is 12.0 Å². The Balaban J connectivity index is 1.42.